The Morgan fingerprint density at radius 1 is 1.00 bits per heavy atom. The maximum absolute atomic E-state index is 5.74. The van der Waals surface area contributed by atoms with Crippen molar-refractivity contribution in [1.29, 1.82) is 0 Å². The van der Waals surface area contributed by atoms with Gasteiger partial charge in [-0.3, -0.25) is 0 Å². The van der Waals surface area contributed by atoms with Gasteiger partial charge in [-0.1, -0.05) is 39.5 Å². The number of unbranched alkanes of at least 4 members (excludes halogenated alkanes) is 2. The van der Waals surface area contributed by atoms with Crippen molar-refractivity contribution in [3.8, 4) is 0 Å². The van der Waals surface area contributed by atoms with E-state index >= 15 is 0 Å². The molecule has 0 N–H and O–H groups in total. The molecular weight excluding hydrogens is 231 g/mol. The second-order valence-electron chi connectivity index (χ2n) is 3.61. The predicted molar refractivity (Wildman–Crippen MR) is 61.4 cm³/mol. The fraction of sp³-hybridized carbons (Fsp3) is 1.00. The maximum atomic E-state index is 5.74. The number of halogens is 3. The van der Waals surface area contributed by atoms with Crippen LogP contribution in [-0.2, 0) is 0 Å². The van der Waals surface area contributed by atoms with E-state index in [1.165, 1.54) is 19.3 Å². The summed E-state index contributed by atoms with van der Waals surface area (Å²) in [4.78, 5) is 0. The maximum Gasteiger partial charge on any atom is 0.341 e. The molecule has 0 aliphatic carbocycles. The first-order valence-corrected chi connectivity index (χ1v) is 9.73. The summed E-state index contributed by atoms with van der Waals surface area (Å²) >= 11 is 17.2. The first-order chi connectivity index (χ1) is 5.42. The monoisotopic (exact) mass is 246 g/mol. The van der Waals surface area contributed by atoms with E-state index in [1.54, 1.807) is 0 Å². The van der Waals surface area contributed by atoms with E-state index in [0.717, 1.165) is 18.4 Å². The smallest absolute Gasteiger partial charge is 0.126 e. The van der Waals surface area contributed by atoms with Crippen molar-refractivity contribution in [1.82, 2.24) is 0 Å². The van der Waals surface area contributed by atoms with Gasteiger partial charge in [-0.25, -0.2) is 0 Å². The number of hydrogen-bond acceptors (Lipinski definition) is 0. The summed E-state index contributed by atoms with van der Waals surface area (Å²) in [7, 11) is 0. The van der Waals surface area contributed by atoms with Gasteiger partial charge in [0, 0.05) is 0 Å². The van der Waals surface area contributed by atoms with Crippen LogP contribution in [0.25, 0.3) is 0 Å². The van der Waals surface area contributed by atoms with Crippen molar-refractivity contribution in [2.45, 2.75) is 45.6 Å². The lowest BCUT2D eigenvalue weighted by molar-refractivity contribution is 0.534. The van der Waals surface area contributed by atoms with Gasteiger partial charge in [-0.2, -0.15) is 0 Å². The average molecular weight is 248 g/mol. The standard InChI is InChI=1S/C8H17Cl3Si/c1-8(2)6-4-3-5-7-12(9,10)11/h8H,3-7H2,1-2H3. The molecule has 0 unspecified atom stereocenters. The molecule has 12 heavy (non-hydrogen) atoms. The van der Waals surface area contributed by atoms with Crippen LogP contribution in [0.2, 0.25) is 6.04 Å². The highest BCUT2D eigenvalue weighted by molar-refractivity contribution is 7.64. The highest BCUT2D eigenvalue weighted by atomic mass is 35.8. The molecule has 4 heteroatoms. The lowest BCUT2D eigenvalue weighted by atomic mass is 10.1. The quantitative estimate of drug-likeness (QED) is 0.357. The number of hydrogen-bond donors (Lipinski definition) is 0. The van der Waals surface area contributed by atoms with Crippen LogP contribution in [0.15, 0.2) is 0 Å². The van der Waals surface area contributed by atoms with Gasteiger partial charge < -0.3 is 0 Å². The second-order valence-corrected chi connectivity index (χ2v) is 12.9. The third kappa shape index (κ3) is 11.1. The summed E-state index contributed by atoms with van der Waals surface area (Å²) < 4.78 is 0. The van der Waals surface area contributed by atoms with Crippen LogP contribution in [0.4, 0.5) is 0 Å². The summed E-state index contributed by atoms with van der Waals surface area (Å²) in [5.74, 6) is 0.801. The lowest BCUT2D eigenvalue weighted by Crippen LogP contribution is -2.07. The molecule has 0 aliphatic heterocycles. The third-order valence-corrected chi connectivity index (χ3v) is 4.36. The van der Waals surface area contributed by atoms with E-state index in [9.17, 15) is 0 Å². The molecule has 0 nitrogen and oxygen atoms in total. The fourth-order valence-electron chi connectivity index (χ4n) is 1.05. The van der Waals surface area contributed by atoms with E-state index in [1.807, 2.05) is 0 Å². The fourth-order valence-corrected chi connectivity index (χ4v) is 2.91. The predicted octanol–water partition coefficient (Wildman–Crippen LogP) is 4.86. The van der Waals surface area contributed by atoms with Gasteiger partial charge in [0.25, 0.3) is 0 Å². The Kier molecular flexibility index (Phi) is 7.12. The summed E-state index contributed by atoms with van der Waals surface area (Å²) in [5, 5.41) is 0. The first-order valence-electron chi connectivity index (χ1n) is 4.48. The molecule has 0 aromatic heterocycles. The van der Waals surface area contributed by atoms with Crippen molar-refractivity contribution < 1.29 is 0 Å². The van der Waals surface area contributed by atoms with E-state index in [-0.39, 0.29) is 0 Å². The molecule has 0 fully saturated rings. The molecule has 0 heterocycles. The Hall–Kier alpha value is 1.09. The average Bonchev–Trinajstić information content (AvgIpc) is 1.83. The first kappa shape index (κ1) is 13.1. The molecule has 0 rings (SSSR count). The van der Waals surface area contributed by atoms with Crippen molar-refractivity contribution in [3.63, 3.8) is 0 Å². The third-order valence-electron chi connectivity index (χ3n) is 1.74. The van der Waals surface area contributed by atoms with Crippen LogP contribution < -0.4 is 0 Å². The van der Waals surface area contributed by atoms with Crippen molar-refractivity contribution in [3.05, 3.63) is 0 Å². The Bertz CT molecular complexity index is 109. The molecule has 0 aromatic carbocycles. The van der Waals surface area contributed by atoms with Gasteiger partial charge >= 0.3 is 6.00 Å². The highest BCUT2D eigenvalue weighted by Crippen LogP contribution is 2.27. The molecule has 0 saturated heterocycles. The topological polar surface area (TPSA) is 0 Å². The van der Waals surface area contributed by atoms with Crippen molar-refractivity contribution in [2.24, 2.45) is 5.92 Å². The van der Waals surface area contributed by atoms with Gasteiger partial charge in [-0.15, -0.1) is 33.2 Å². The number of rotatable bonds is 6. The minimum absolute atomic E-state index is 0.801. The van der Waals surface area contributed by atoms with E-state index in [0.29, 0.717) is 0 Å². The van der Waals surface area contributed by atoms with E-state index in [4.69, 9.17) is 33.2 Å². The SMILES string of the molecule is CC(C)CCCCC[Si](Cl)(Cl)Cl. The largest absolute Gasteiger partial charge is 0.341 e. The van der Waals surface area contributed by atoms with Crippen LogP contribution >= 0.6 is 33.2 Å². The van der Waals surface area contributed by atoms with Gasteiger partial charge in [0.1, 0.15) is 0 Å². The molecule has 0 bridgehead atoms. The van der Waals surface area contributed by atoms with Crippen LogP contribution in [-0.4, -0.2) is 6.00 Å². The second kappa shape index (κ2) is 6.53. The zero-order valence-corrected chi connectivity index (χ0v) is 11.0. The Labute approximate surface area is 90.7 Å². The zero-order valence-electron chi connectivity index (χ0n) is 7.75. The molecule has 0 radical (unpaired) electrons. The highest BCUT2D eigenvalue weighted by Gasteiger charge is 2.23. The molecule has 0 aliphatic rings. The molecular formula is C8H17Cl3Si. The van der Waals surface area contributed by atoms with Crippen molar-refractivity contribution >= 4 is 39.2 Å². The summed E-state index contributed by atoms with van der Waals surface area (Å²) in [6, 6.07) is -1.50. The van der Waals surface area contributed by atoms with Gasteiger partial charge in [0.2, 0.25) is 0 Å². The van der Waals surface area contributed by atoms with E-state index < -0.39 is 6.00 Å². The minimum atomic E-state index is -2.32. The Morgan fingerprint density at radius 2 is 1.58 bits per heavy atom. The minimum Gasteiger partial charge on any atom is -0.126 e. The summed E-state index contributed by atoms with van der Waals surface area (Å²) in [6.45, 7) is 4.48. The van der Waals surface area contributed by atoms with Gasteiger partial charge in [0.15, 0.2) is 0 Å². The van der Waals surface area contributed by atoms with Crippen LogP contribution in [0.5, 0.6) is 0 Å². The molecule has 0 aromatic rings. The van der Waals surface area contributed by atoms with Crippen LogP contribution in [0.3, 0.4) is 0 Å². The Morgan fingerprint density at radius 3 is 2.00 bits per heavy atom. The lowest BCUT2D eigenvalue weighted by Gasteiger charge is -2.07. The Balaban J connectivity index is 3.12. The molecule has 0 atom stereocenters. The van der Waals surface area contributed by atoms with Gasteiger partial charge in [-0.05, 0) is 12.0 Å². The molecule has 0 amide bonds. The molecule has 0 spiro atoms. The van der Waals surface area contributed by atoms with Crippen LogP contribution in [0, 0.1) is 5.92 Å². The molecule has 74 valence electrons. The molecule has 0 saturated carbocycles. The summed E-state index contributed by atoms with van der Waals surface area (Å²) in [6.07, 6.45) is 4.85. The van der Waals surface area contributed by atoms with E-state index in [2.05, 4.69) is 13.8 Å². The van der Waals surface area contributed by atoms with Gasteiger partial charge in [0.05, 0.1) is 0 Å². The van der Waals surface area contributed by atoms with Crippen LogP contribution in [0.1, 0.15) is 39.5 Å². The zero-order chi connectivity index (χ0) is 9.61. The van der Waals surface area contributed by atoms with Crippen molar-refractivity contribution in [2.75, 3.05) is 0 Å². The normalized spacial score (nSPS) is 12.5. The summed E-state index contributed by atoms with van der Waals surface area (Å²) in [5.41, 5.74) is 0.